The maximum atomic E-state index is 11.6. The smallest absolute Gasteiger partial charge is 0.179 e. The summed E-state index contributed by atoms with van der Waals surface area (Å²) >= 11 is 6.15. The number of methoxy groups -OCH3 is 2. The van der Waals surface area contributed by atoms with Crippen molar-refractivity contribution in [3.63, 3.8) is 0 Å². The first-order valence-electron chi connectivity index (χ1n) is 6.79. The first-order valence-corrected chi connectivity index (χ1v) is 8.99. The molecule has 1 aromatic carbocycles. The Labute approximate surface area is 130 Å². The summed E-state index contributed by atoms with van der Waals surface area (Å²) in [6.45, 7) is 0.542. The summed E-state index contributed by atoms with van der Waals surface area (Å²) < 4.78 is 33.7. The maximum Gasteiger partial charge on any atom is 0.179 e. The second-order valence-corrected chi connectivity index (χ2v) is 7.78. The van der Waals surface area contributed by atoms with Crippen molar-refractivity contribution < 1.29 is 17.9 Å². The Morgan fingerprint density at radius 1 is 1.33 bits per heavy atom. The van der Waals surface area contributed by atoms with E-state index in [1.807, 2.05) is 6.07 Å². The number of sulfone groups is 1. The van der Waals surface area contributed by atoms with Crippen LogP contribution >= 0.6 is 11.6 Å². The number of hydrogen-bond acceptors (Lipinski definition) is 5. The zero-order valence-electron chi connectivity index (χ0n) is 12.2. The van der Waals surface area contributed by atoms with Gasteiger partial charge >= 0.3 is 0 Å². The molecule has 1 aromatic rings. The van der Waals surface area contributed by atoms with Gasteiger partial charge in [0.15, 0.2) is 21.3 Å². The summed E-state index contributed by atoms with van der Waals surface area (Å²) in [5, 5.41) is 3.75. The molecule has 1 aliphatic rings. The van der Waals surface area contributed by atoms with Gasteiger partial charge in [0.05, 0.1) is 30.7 Å². The van der Waals surface area contributed by atoms with Crippen molar-refractivity contribution in [2.45, 2.75) is 25.4 Å². The molecule has 0 amide bonds. The van der Waals surface area contributed by atoms with Crippen molar-refractivity contribution in [3.05, 3.63) is 22.7 Å². The van der Waals surface area contributed by atoms with E-state index in [1.54, 1.807) is 13.2 Å². The van der Waals surface area contributed by atoms with Crippen LogP contribution in [0.3, 0.4) is 0 Å². The number of ether oxygens (including phenoxy) is 2. The third-order valence-electron chi connectivity index (χ3n) is 3.55. The minimum Gasteiger partial charge on any atom is -0.493 e. The molecule has 118 valence electrons. The number of rotatable bonds is 5. The summed E-state index contributed by atoms with van der Waals surface area (Å²) in [5.74, 6) is 1.57. The molecule has 1 unspecified atom stereocenters. The van der Waals surface area contributed by atoms with Gasteiger partial charge in [0, 0.05) is 12.6 Å². The predicted octanol–water partition coefficient (Wildman–Crippen LogP) is 2.02. The summed E-state index contributed by atoms with van der Waals surface area (Å²) in [4.78, 5) is 0. The van der Waals surface area contributed by atoms with Crippen molar-refractivity contribution in [2.75, 3.05) is 25.7 Å². The average Bonchev–Trinajstić information content (AvgIpc) is 2.43. The van der Waals surface area contributed by atoms with Crippen LogP contribution in [0.5, 0.6) is 11.5 Å². The lowest BCUT2D eigenvalue weighted by molar-refractivity contribution is 0.354. The third kappa shape index (κ3) is 4.25. The molecule has 1 heterocycles. The minimum absolute atomic E-state index is 0.00405. The lowest BCUT2D eigenvalue weighted by Crippen LogP contribution is -2.39. The van der Waals surface area contributed by atoms with Gasteiger partial charge in [-0.1, -0.05) is 11.6 Å². The first kappa shape index (κ1) is 16.4. The number of halogens is 1. The van der Waals surface area contributed by atoms with E-state index in [-0.39, 0.29) is 11.8 Å². The number of hydrogen-bond donors (Lipinski definition) is 1. The fraction of sp³-hybridized carbons (Fsp3) is 0.571. The molecule has 0 aliphatic carbocycles. The highest BCUT2D eigenvalue weighted by molar-refractivity contribution is 7.91. The van der Waals surface area contributed by atoms with E-state index < -0.39 is 9.84 Å². The molecule has 21 heavy (non-hydrogen) atoms. The molecule has 1 N–H and O–H groups in total. The molecular formula is C14H20ClNO4S. The molecule has 1 atom stereocenters. The van der Waals surface area contributed by atoms with Crippen LogP contribution in [0.1, 0.15) is 18.4 Å². The fourth-order valence-electron chi connectivity index (χ4n) is 2.52. The molecular weight excluding hydrogens is 314 g/mol. The van der Waals surface area contributed by atoms with Crippen LogP contribution in [0.15, 0.2) is 12.1 Å². The van der Waals surface area contributed by atoms with Crippen LogP contribution in [0, 0.1) is 0 Å². The van der Waals surface area contributed by atoms with Gasteiger partial charge in [0.1, 0.15) is 0 Å². The second kappa shape index (κ2) is 6.85. The Balaban J connectivity index is 2.05. The van der Waals surface area contributed by atoms with E-state index >= 15 is 0 Å². The molecule has 1 saturated heterocycles. The highest BCUT2D eigenvalue weighted by Gasteiger charge is 2.24. The van der Waals surface area contributed by atoms with Crippen molar-refractivity contribution in [3.8, 4) is 11.5 Å². The van der Waals surface area contributed by atoms with Crippen LogP contribution in [-0.2, 0) is 16.4 Å². The Morgan fingerprint density at radius 3 is 2.71 bits per heavy atom. The Kier molecular flexibility index (Phi) is 5.35. The summed E-state index contributed by atoms with van der Waals surface area (Å²) in [5.41, 5.74) is 0.931. The zero-order valence-corrected chi connectivity index (χ0v) is 13.8. The van der Waals surface area contributed by atoms with Gasteiger partial charge in [-0.25, -0.2) is 8.42 Å². The van der Waals surface area contributed by atoms with E-state index in [2.05, 4.69) is 5.32 Å². The standard InChI is InChI=1S/C14H20ClNO4S/c1-19-13-7-10(6-12(15)14(13)20-2)8-16-11-4-3-5-21(17,18)9-11/h6-7,11,16H,3-5,8-9H2,1-2H3. The van der Waals surface area contributed by atoms with Crippen LogP contribution in [0.25, 0.3) is 0 Å². The molecule has 5 nitrogen and oxygen atoms in total. The van der Waals surface area contributed by atoms with Gasteiger partial charge in [-0.3, -0.25) is 0 Å². The van der Waals surface area contributed by atoms with Crippen LogP contribution < -0.4 is 14.8 Å². The molecule has 0 aromatic heterocycles. The van der Waals surface area contributed by atoms with Crippen LogP contribution in [-0.4, -0.2) is 40.2 Å². The van der Waals surface area contributed by atoms with E-state index in [4.69, 9.17) is 21.1 Å². The molecule has 1 fully saturated rings. The molecule has 0 spiro atoms. The van der Waals surface area contributed by atoms with E-state index in [1.165, 1.54) is 7.11 Å². The van der Waals surface area contributed by atoms with Crippen molar-refractivity contribution in [1.82, 2.24) is 5.32 Å². The molecule has 2 rings (SSSR count). The summed E-state index contributed by atoms with van der Waals surface area (Å²) in [6.07, 6.45) is 1.59. The van der Waals surface area contributed by atoms with Crippen molar-refractivity contribution in [2.24, 2.45) is 0 Å². The van der Waals surface area contributed by atoms with Crippen molar-refractivity contribution >= 4 is 21.4 Å². The zero-order chi connectivity index (χ0) is 15.5. The van der Waals surface area contributed by atoms with E-state index in [9.17, 15) is 8.42 Å². The molecule has 0 saturated carbocycles. The Bertz CT molecular complexity index is 603. The topological polar surface area (TPSA) is 64.6 Å². The Hall–Kier alpha value is -0.980. The number of nitrogens with one attached hydrogen (secondary N) is 1. The highest BCUT2D eigenvalue weighted by atomic mass is 35.5. The first-order chi connectivity index (χ1) is 9.95. The van der Waals surface area contributed by atoms with Gasteiger partial charge in [0.25, 0.3) is 0 Å². The largest absolute Gasteiger partial charge is 0.493 e. The fourth-order valence-corrected chi connectivity index (χ4v) is 4.50. The molecule has 0 bridgehead atoms. The van der Waals surface area contributed by atoms with Crippen LogP contribution in [0.4, 0.5) is 0 Å². The highest BCUT2D eigenvalue weighted by Crippen LogP contribution is 2.36. The Morgan fingerprint density at radius 2 is 2.10 bits per heavy atom. The average molecular weight is 334 g/mol. The maximum absolute atomic E-state index is 11.6. The summed E-state index contributed by atoms with van der Waals surface area (Å²) in [6, 6.07) is 3.64. The second-order valence-electron chi connectivity index (χ2n) is 5.15. The van der Waals surface area contributed by atoms with Gasteiger partial charge in [-0.05, 0) is 30.5 Å². The van der Waals surface area contributed by atoms with Gasteiger partial charge < -0.3 is 14.8 Å². The molecule has 0 radical (unpaired) electrons. The molecule has 7 heteroatoms. The SMILES string of the molecule is COc1cc(CNC2CCCS(=O)(=O)C2)cc(Cl)c1OC. The van der Waals surface area contributed by atoms with E-state index in [0.29, 0.717) is 35.2 Å². The lowest BCUT2D eigenvalue weighted by Gasteiger charge is -2.23. The quantitative estimate of drug-likeness (QED) is 0.893. The normalized spacial score (nSPS) is 21.0. The number of benzene rings is 1. The monoisotopic (exact) mass is 333 g/mol. The van der Waals surface area contributed by atoms with Crippen LogP contribution in [0.2, 0.25) is 5.02 Å². The lowest BCUT2D eigenvalue weighted by atomic mass is 10.1. The third-order valence-corrected chi connectivity index (χ3v) is 5.65. The molecule has 1 aliphatic heterocycles. The minimum atomic E-state index is -2.90. The van der Waals surface area contributed by atoms with Crippen molar-refractivity contribution in [1.29, 1.82) is 0 Å². The van der Waals surface area contributed by atoms with Gasteiger partial charge in [-0.15, -0.1) is 0 Å². The van der Waals surface area contributed by atoms with E-state index in [0.717, 1.165) is 12.0 Å². The summed E-state index contributed by atoms with van der Waals surface area (Å²) in [7, 11) is 0.190. The van der Waals surface area contributed by atoms with Gasteiger partial charge in [-0.2, -0.15) is 0 Å². The predicted molar refractivity (Wildman–Crippen MR) is 83.1 cm³/mol. The van der Waals surface area contributed by atoms with Gasteiger partial charge in [0.2, 0.25) is 0 Å².